The average molecular weight is 345 g/mol. The summed E-state index contributed by atoms with van der Waals surface area (Å²) in [4.78, 5) is 14.9. The minimum Gasteiger partial charge on any atom is -0.331 e. The van der Waals surface area contributed by atoms with Crippen molar-refractivity contribution in [2.45, 2.75) is 25.8 Å². The maximum atomic E-state index is 13.0. The highest BCUT2D eigenvalue weighted by Gasteiger charge is 2.34. The van der Waals surface area contributed by atoms with Crippen LogP contribution in [0.25, 0.3) is 5.65 Å². The van der Waals surface area contributed by atoms with Crippen LogP contribution in [0.15, 0.2) is 24.7 Å². The fraction of sp³-hybridized carbons (Fsp3) is 0.375. The number of likely N-dealkylation sites (tertiary alicyclic amines) is 1. The molecule has 0 radical (unpaired) electrons. The highest BCUT2D eigenvalue weighted by Crippen LogP contribution is 2.38. The Bertz CT molecular complexity index is 930. The van der Waals surface area contributed by atoms with E-state index in [1.54, 1.807) is 33.7 Å². The largest absolute Gasteiger partial charge is 0.331 e. The molecule has 3 aromatic heterocycles. The van der Waals surface area contributed by atoms with E-state index in [4.69, 9.17) is 11.6 Å². The highest BCUT2D eigenvalue weighted by molar-refractivity contribution is 6.30. The van der Waals surface area contributed by atoms with Crippen LogP contribution in [0.1, 0.15) is 40.5 Å². The van der Waals surface area contributed by atoms with Crippen molar-refractivity contribution in [2.24, 2.45) is 7.05 Å². The van der Waals surface area contributed by atoms with Gasteiger partial charge in [-0.25, -0.2) is 0 Å². The van der Waals surface area contributed by atoms with Crippen molar-refractivity contribution in [1.82, 2.24) is 29.3 Å². The Hall–Kier alpha value is -2.41. The number of aromatic nitrogens is 5. The maximum absolute atomic E-state index is 13.0. The van der Waals surface area contributed by atoms with Gasteiger partial charge in [-0.15, -0.1) is 10.2 Å². The van der Waals surface area contributed by atoms with Crippen LogP contribution < -0.4 is 0 Å². The second-order valence-electron chi connectivity index (χ2n) is 6.08. The fourth-order valence-corrected chi connectivity index (χ4v) is 3.76. The number of aryl methyl sites for hydroxylation is 2. The van der Waals surface area contributed by atoms with Gasteiger partial charge in [0, 0.05) is 25.4 Å². The normalized spacial score (nSPS) is 17.8. The topological polar surface area (TPSA) is 68.3 Å². The van der Waals surface area contributed by atoms with Crippen molar-refractivity contribution in [3.8, 4) is 0 Å². The van der Waals surface area contributed by atoms with Crippen LogP contribution in [0.2, 0.25) is 5.15 Å². The SMILES string of the molecule is Cc1nn(C)c(Cl)c1[C@H]1CCCN1C(=O)c1ccc2nncn2c1. The van der Waals surface area contributed by atoms with Crippen molar-refractivity contribution in [2.75, 3.05) is 6.54 Å². The number of hydrogen-bond acceptors (Lipinski definition) is 4. The van der Waals surface area contributed by atoms with Gasteiger partial charge in [-0.2, -0.15) is 5.10 Å². The van der Waals surface area contributed by atoms with E-state index in [2.05, 4.69) is 15.3 Å². The van der Waals surface area contributed by atoms with Crippen LogP contribution >= 0.6 is 11.6 Å². The first-order valence-electron chi connectivity index (χ1n) is 7.85. The van der Waals surface area contributed by atoms with Gasteiger partial charge in [-0.05, 0) is 31.9 Å². The second-order valence-corrected chi connectivity index (χ2v) is 6.44. The molecule has 1 atom stereocenters. The molecule has 0 saturated carbocycles. The van der Waals surface area contributed by atoms with E-state index in [-0.39, 0.29) is 11.9 Å². The van der Waals surface area contributed by atoms with Gasteiger partial charge in [0.15, 0.2) is 5.65 Å². The lowest BCUT2D eigenvalue weighted by Gasteiger charge is -2.25. The summed E-state index contributed by atoms with van der Waals surface area (Å²) in [6.07, 6.45) is 5.21. The molecule has 4 rings (SSSR count). The molecule has 0 N–H and O–H groups in total. The first-order valence-corrected chi connectivity index (χ1v) is 8.23. The zero-order chi connectivity index (χ0) is 16.8. The molecule has 1 aliphatic heterocycles. The lowest BCUT2D eigenvalue weighted by atomic mass is 10.1. The molecule has 24 heavy (non-hydrogen) atoms. The molecule has 1 saturated heterocycles. The van der Waals surface area contributed by atoms with E-state index in [1.165, 1.54) is 0 Å². The molecule has 0 spiro atoms. The molecule has 1 aliphatic rings. The maximum Gasteiger partial charge on any atom is 0.255 e. The van der Waals surface area contributed by atoms with Crippen LogP contribution in [0.5, 0.6) is 0 Å². The summed E-state index contributed by atoms with van der Waals surface area (Å²) < 4.78 is 3.41. The van der Waals surface area contributed by atoms with Crippen LogP contribution in [0.3, 0.4) is 0 Å². The predicted octanol–water partition coefficient (Wildman–Crippen LogP) is 2.40. The standard InChI is InChI=1S/C16H17ClN6O/c1-10-14(15(17)21(2)20-10)12-4-3-7-23(12)16(24)11-5-6-13-19-18-9-22(13)8-11/h5-6,8-9,12H,3-4,7H2,1-2H3/t12-/m1/s1. The van der Waals surface area contributed by atoms with Gasteiger partial charge < -0.3 is 4.90 Å². The molecule has 124 valence electrons. The number of fused-ring (bicyclic) bond motifs is 1. The summed E-state index contributed by atoms with van der Waals surface area (Å²) in [7, 11) is 1.82. The summed E-state index contributed by atoms with van der Waals surface area (Å²) in [6, 6.07) is 3.56. The summed E-state index contributed by atoms with van der Waals surface area (Å²) in [5, 5.41) is 12.8. The monoisotopic (exact) mass is 344 g/mol. The molecule has 1 fully saturated rings. The number of hydrogen-bond donors (Lipinski definition) is 0. The molecule has 3 aromatic rings. The van der Waals surface area contributed by atoms with E-state index < -0.39 is 0 Å². The zero-order valence-electron chi connectivity index (χ0n) is 13.5. The summed E-state index contributed by atoms with van der Waals surface area (Å²) in [6.45, 7) is 2.65. The average Bonchev–Trinajstić information content (AvgIpc) is 3.26. The quantitative estimate of drug-likeness (QED) is 0.716. The van der Waals surface area contributed by atoms with Crippen molar-refractivity contribution in [3.05, 3.63) is 46.6 Å². The van der Waals surface area contributed by atoms with Gasteiger partial charge in [-0.3, -0.25) is 13.9 Å². The van der Waals surface area contributed by atoms with Crippen molar-refractivity contribution < 1.29 is 4.79 Å². The molecule has 0 unspecified atom stereocenters. The molecular weight excluding hydrogens is 328 g/mol. The number of halogens is 1. The Labute approximate surface area is 143 Å². The number of rotatable bonds is 2. The summed E-state index contributed by atoms with van der Waals surface area (Å²) >= 11 is 6.42. The van der Waals surface area contributed by atoms with Crippen LogP contribution in [0, 0.1) is 6.92 Å². The smallest absolute Gasteiger partial charge is 0.255 e. The molecule has 1 amide bonds. The summed E-state index contributed by atoms with van der Waals surface area (Å²) in [5.41, 5.74) is 3.17. The fourth-order valence-electron chi connectivity index (χ4n) is 3.45. The number of amides is 1. The Morgan fingerprint density at radius 1 is 1.38 bits per heavy atom. The minimum absolute atomic E-state index is 0.00702. The molecule has 7 nitrogen and oxygen atoms in total. The first-order chi connectivity index (χ1) is 11.6. The van der Waals surface area contributed by atoms with Crippen LogP contribution in [-0.2, 0) is 7.05 Å². The predicted molar refractivity (Wildman–Crippen MR) is 89.0 cm³/mol. The molecule has 8 heteroatoms. The third kappa shape index (κ3) is 2.27. The molecule has 0 aromatic carbocycles. The third-order valence-electron chi connectivity index (χ3n) is 4.58. The van der Waals surface area contributed by atoms with Gasteiger partial charge in [-0.1, -0.05) is 11.6 Å². The zero-order valence-corrected chi connectivity index (χ0v) is 14.2. The van der Waals surface area contributed by atoms with Gasteiger partial charge >= 0.3 is 0 Å². The van der Waals surface area contributed by atoms with E-state index >= 15 is 0 Å². The number of carbonyl (C=O) groups excluding carboxylic acids is 1. The third-order valence-corrected chi connectivity index (χ3v) is 5.03. The van der Waals surface area contributed by atoms with E-state index in [1.807, 2.05) is 18.9 Å². The van der Waals surface area contributed by atoms with Gasteiger partial charge in [0.05, 0.1) is 17.3 Å². The second kappa shape index (κ2) is 5.59. The lowest BCUT2D eigenvalue weighted by Crippen LogP contribution is -2.31. The number of nitrogens with zero attached hydrogens (tertiary/aromatic N) is 6. The van der Waals surface area contributed by atoms with Gasteiger partial charge in [0.25, 0.3) is 5.91 Å². The highest BCUT2D eigenvalue weighted by atomic mass is 35.5. The van der Waals surface area contributed by atoms with E-state index in [9.17, 15) is 4.79 Å². The van der Waals surface area contributed by atoms with E-state index in [0.717, 1.165) is 29.7 Å². The van der Waals surface area contributed by atoms with Crippen molar-refractivity contribution in [1.29, 1.82) is 0 Å². The van der Waals surface area contributed by atoms with Crippen LogP contribution in [0.4, 0.5) is 0 Å². The summed E-state index contributed by atoms with van der Waals surface area (Å²) in [5.74, 6) is -0.00702. The Kier molecular flexibility index (Phi) is 3.53. The Morgan fingerprint density at radius 2 is 2.21 bits per heavy atom. The molecule has 0 bridgehead atoms. The molecule has 0 aliphatic carbocycles. The van der Waals surface area contributed by atoms with E-state index in [0.29, 0.717) is 17.3 Å². The van der Waals surface area contributed by atoms with Crippen molar-refractivity contribution >= 4 is 23.2 Å². The number of pyridine rings is 1. The van der Waals surface area contributed by atoms with Crippen molar-refractivity contribution in [3.63, 3.8) is 0 Å². The molecular formula is C16H17ClN6O. The Balaban J connectivity index is 1.70. The molecule has 4 heterocycles. The number of carbonyl (C=O) groups is 1. The van der Waals surface area contributed by atoms with Crippen LogP contribution in [-0.4, -0.2) is 41.7 Å². The van der Waals surface area contributed by atoms with Gasteiger partial charge in [0.1, 0.15) is 11.5 Å². The lowest BCUT2D eigenvalue weighted by molar-refractivity contribution is 0.0735. The van der Waals surface area contributed by atoms with Gasteiger partial charge in [0.2, 0.25) is 0 Å². The Morgan fingerprint density at radius 3 is 2.96 bits per heavy atom. The minimum atomic E-state index is -0.0321. The first kappa shape index (κ1) is 15.1.